The number of Topliss-reactive ketones (excluding diaryl/α,β-unsaturated/α-hetero) is 2. The van der Waals surface area contributed by atoms with E-state index in [0.29, 0.717) is 12.4 Å². The first kappa shape index (κ1) is 15.1. The summed E-state index contributed by atoms with van der Waals surface area (Å²) in [6.45, 7) is 2.66. The van der Waals surface area contributed by atoms with E-state index in [0.717, 1.165) is 25.7 Å². The first-order valence-electron chi connectivity index (χ1n) is 7.04. The molecular formula is C16H18O5. The molecule has 0 spiro atoms. The minimum Gasteiger partial charge on any atom is -0.501 e. The van der Waals surface area contributed by atoms with Gasteiger partial charge in [-0.2, -0.15) is 0 Å². The molecule has 0 aliphatic heterocycles. The van der Waals surface area contributed by atoms with E-state index in [9.17, 15) is 19.8 Å². The average molecular weight is 290 g/mol. The Morgan fingerprint density at radius 2 is 1.62 bits per heavy atom. The molecule has 0 heterocycles. The van der Waals surface area contributed by atoms with E-state index in [1.165, 1.54) is 12.1 Å². The van der Waals surface area contributed by atoms with Gasteiger partial charge in [-0.1, -0.05) is 26.2 Å². The van der Waals surface area contributed by atoms with Crippen molar-refractivity contribution >= 4 is 11.6 Å². The summed E-state index contributed by atoms with van der Waals surface area (Å²) in [4.78, 5) is 23.6. The zero-order valence-electron chi connectivity index (χ0n) is 11.9. The molecule has 0 bridgehead atoms. The van der Waals surface area contributed by atoms with Crippen LogP contribution in [-0.4, -0.2) is 28.4 Å². The second kappa shape index (κ2) is 6.43. The molecule has 21 heavy (non-hydrogen) atoms. The molecule has 5 nitrogen and oxygen atoms in total. The second-order valence-corrected chi connectivity index (χ2v) is 4.97. The number of carbonyl (C=O) groups is 2. The lowest BCUT2D eigenvalue weighted by Gasteiger charge is -2.15. The smallest absolute Gasteiger partial charge is 0.232 e. The highest BCUT2D eigenvalue weighted by atomic mass is 16.5. The maximum absolute atomic E-state index is 11.9. The summed E-state index contributed by atoms with van der Waals surface area (Å²) in [6, 6.07) is 4.44. The molecule has 5 heteroatoms. The highest BCUT2D eigenvalue weighted by Gasteiger charge is 2.32. The summed E-state index contributed by atoms with van der Waals surface area (Å²) in [5, 5.41) is 18.8. The molecular weight excluding hydrogens is 272 g/mol. The summed E-state index contributed by atoms with van der Waals surface area (Å²) in [6.07, 6.45) is 4.29. The van der Waals surface area contributed by atoms with Crippen LogP contribution in [0.1, 0.15) is 53.3 Å². The fourth-order valence-corrected chi connectivity index (χ4v) is 2.19. The highest BCUT2D eigenvalue weighted by Crippen LogP contribution is 2.27. The number of unbranched alkanes of at least 4 members (excludes halogenated alkanes) is 3. The van der Waals surface area contributed by atoms with Crippen LogP contribution in [0.15, 0.2) is 29.7 Å². The quantitative estimate of drug-likeness (QED) is 0.785. The van der Waals surface area contributed by atoms with Crippen molar-refractivity contribution in [1.82, 2.24) is 0 Å². The maximum Gasteiger partial charge on any atom is 0.232 e. The lowest BCUT2D eigenvalue weighted by Crippen LogP contribution is -2.21. The number of aliphatic hydroxyl groups is 2. The van der Waals surface area contributed by atoms with Gasteiger partial charge in [-0.3, -0.25) is 9.59 Å². The molecule has 0 saturated carbocycles. The number of ketones is 2. The summed E-state index contributed by atoms with van der Waals surface area (Å²) in [5.41, 5.74) is 0.134. The van der Waals surface area contributed by atoms with E-state index < -0.39 is 23.1 Å². The number of allylic oxidation sites excluding steroid dienone is 2. The standard InChI is InChI=1S/C16H18O5/c1-2-3-4-5-8-21-10-6-7-11-12(9-10)14(18)16(20)15(19)13(11)17/h6-7,9,19-20H,2-5,8H2,1H3. The van der Waals surface area contributed by atoms with Crippen LogP contribution in [0.4, 0.5) is 0 Å². The van der Waals surface area contributed by atoms with Crippen molar-refractivity contribution in [1.29, 1.82) is 0 Å². The summed E-state index contributed by atoms with van der Waals surface area (Å²) < 4.78 is 5.54. The summed E-state index contributed by atoms with van der Waals surface area (Å²) >= 11 is 0. The van der Waals surface area contributed by atoms with Crippen molar-refractivity contribution in [2.24, 2.45) is 0 Å². The van der Waals surface area contributed by atoms with Crippen molar-refractivity contribution in [3.8, 4) is 5.75 Å². The van der Waals surface area contributed by atoms with Gasteiger partial charge >= 0.3 is 0 Å². The third kappa shape index (κ3) is 3.07. The first-order valence-corrected chi connectivity index (χ1v) is 7.04. The molecule has 1 aromatic rings. The Balaban J connectivity index is 2.11. The number of benzene rings is 1. The van der Waals surface area contributed by atoms with E-state index in [2.05, 4.69) is 6.92 Å². The molecule has 0 amide bonds. The Morgan fingerprint density at radius 3 is 2.29 bits per heavy atom. The Labute approximate surface area is 122 Å². The summed E-state index contributed by atoms with van der Waals surface area (Å²) in [5.74, 6) is -2.86. The van der Waals surface area contributed by atoms with E-state index in [1.54, 1.807) is 6.07 Å². The third-order valence-electron chi connectivity index (χ3n) is 3.40. The average Bonchev–Trinajstić information content (AvgIpc) is 2.50. The molecule has 0 aromatic heterocycles. The van der Waals surface area contributed by atoms with E-state index in [4.69, 9.17) is 4.74 Å². The zero-order chi connectivity index (χ0) is 15.4. The van der Waals surface area contributed by atoms with E-state index in [-0.39, 0.29) is 11.1 Å². The molecule has 112 valence electrons. The molecule has 0 atom stereocenters. The van der Waals surface area contributed by atoms with Crippen LogP contribution in [0.5, 0.6) is 5.75 Å². The lowest BCUT2D eigenvalue weighted by atomic mass is 9.92. The van der Waals surface area contributed by atoms with Gasteiger partial charge in [-0.25, -0.2) is 0 Å². The van der Waals surface area contributed by atoms with Gasteiger partial charge in [0, 0.05) is 11.1 Å². The first-order chi connectivity index (χ1) is 10.1. The molecule has 0 fully saturated rings. The highest BCUT2D eigenvalue weighted by molar-refractivity contribution is 6.25. The Morgan fingerprint density at radius 1 is 0.952 bits per heavy atom. The van der Waals surface area contributed by atoms with Crippen molar-refractivity contribution in [2.45, 2.75) is 32.6 Å². The Kier molecular flexibility index (Phi) is 4.62. The van der Waals surface area contributed by atoms with E-state index >= 15 is 0 Å². The second-order valence-electron chi connectivity index (χ2n) is 4.97. The Bertz CT molecular complexity index is 601. The molecule has 0 saturated heterocycles. The van der Waals surface area contributed by atoms with Gasteiger partial charge in [0.2, 0.25) is 23.1 Å². The van der Waals surface area contributed by atoms with Crippen molar-refractivity contribution in [3.05, 3.63) is 40.8 Å². The SMILES string of the molecule is CCCCCCOc1ccc2c(c1)C(=O)C(O)=C(O)C2=O. The van der Waals surface area contributed by atoms with Gasteiger partial charge in [-0.15, -0.1) is 0 Å². The fourth-order valence-electron chi connectivity index (χ4n) is 2.19. The van der Waals surface area contributed by atoms with Gasteiger partial charge in [0.15, 0.2) is 0 Å². The molecule has 1 aliphatic carbocycles. The van der Waals surface area contributed by atoms with Crippen molar-refractivity contribution in [3.63, 3.8) is 0 Å². The number of rotatable bonds is 6. The van der Waals surface area contributed by atoms with Crippen LogP contribution in [0, 0.1) is 0 Å². The topological polar surface area (TPSA) is 83.8 Å². The number of hydrogen-bond acceptors (Lipinski definition) is 5. The number of ether oxygens (including phenoxy) is 1. The molecule has 2 N–H and O–H groups in total. The van der Waals surface area contributed by atoms with Crippen LogP contribution in [-0.2, 0) is 0 Å². The predicted octanol–water partition coefficient (Wildman–Crippen LogP) is 3.35. The largest absolute Gasteiger partial charge is 0.501 e. The minimum absolute atomic E-state index is 0.0568. The monoisotopic (exact) mass is 290 g/mol. The maximum atomic E-state index is 11.9. The Hall–Kier alpha value is -2.30. The zero-order valence-corrected chi connectivity index (χ0v) is 11.9. The number of aliphatic hydroxyl groups excluding tert-OH is 2. The predicted molar refractivity (Wildman–Crippen MR) is 77.0 cm³/mol. The normalized spacial score (nSPS) is 14.3. The van der Waals surface area contributed by atoms with Gasteiger partial charge in [0.05, 0.1) is 6.61 Å². The third-order valence-corrected chi connectivity index (χ3v) is 3.40. The van der Waals surface area contributed by atoms with E-state index in [1.807, 2.05) is 0 Å². The van der Waals surface area contributed by atoms with Gasteiger partial charge in [-0.05, 0) is 24.6 Å². The number of fused-ring (bicyclic) bond motifs is 1. The molecule has 0 radical (unpaired) electrons. The van der Waals surface area contributed by atoms with Crippen LogP contribution in [0.2, 0.25) is 0 Å². The van der Waals surface area contributed by atoms with Crippen LogP contribution >= 0.6 is 0 Å². The number of hydrogen-bond donors (Lipinski definition) is 2. The number of carbonyl (C=O) groups excluding carboxylic acids is 2. The van der Waals surface area contributed by atoms with Crippen molar-refractivity contribution in [2.75, 3.05) is 6.61 Å². The fraction of sp³-hybridized carbons (Fsp3) is 0.375. The van der Waals surface area contributed by atoms with Gasteiger partial charge < -0.3 is 14.9 Å². The van der Waals surface area contributed by atoms with Crippen LogP contribution < -0.4 is 4.74 Å². The lowest BCUT2D eigenvalue weighted by molar-refractivity contribution is 0.0880. The summed E-state index contributed by atoms with van der Waals surface area (Å²) in [7, 11) is 0. The van der Waals surface area contributed by atoms with Crippen molar-refractivity contribution < 1.29 is 24.5 Å². The van der Waals surface area contributed by atoms with Crippen LogP contribution in [0.25, 0.3) is 0 Å². The van der Waals surface area contributed by atoms with Crippen LogP contribution in [0.3, 0.4) is 0 Å². The molecule has 2 rings (SSSR count). The molecule has 0 unspecified atom stereocenters. The molecule has 1 aromatic carbocycles. The van der Waals surface area contributed by atoms with Gasteiger partial charge in [0.25, 0.3) is 0 Å². The van der Waals surface area contributed by atoms with Gasteiger partial charge in [0.1, 0.15) is 5.75 Å². The molecule has 1 aliphatic rings. The minimum atomic E-state index is -0.910.